The van der Waals surface area contributed by atoms with Crippen molar-refractivity contribution in [2.45, 2.75) is 13.1 Å². The first-order chi connectivity index (χ1) is 12.3. The zero-order valence-corrected chi connectivity index (χ0v) is 13.2. The second-order valence-electron chi connectivity index (χ2n) is 5.56. The number of halogens is 3. The van der Waals surface area contributed by atoms with E-state index in [4.69, 9.17) is 4.42 Å². The van der Waals surface area contributed by atoms with Gasteiger partial charge in [0.05, 0.1) is 18.7 Å². The Morgan fingerprint density at radius 3 is 2.65 bits per heavy atom. The molecule has 0 aliphatic carbocycles. The van der Waals surface area contributed by atoms with Crippen molar-refractivity contribution >= 4 is 11.6 Å². The molecule has 0 aliphatic rings. The first-order valence-electron chi connectivity index (χ1n) is 7.40. The fraction of sp³-hybridized carbons (Fsp3) is 0.125. The van der Waals surface area contributed by atoms with Crippen LogP contribution in [0.25, 0.3) is 17.1 Å². The molecule has 0 unspecified atom stereocenters. The molecule has 0 atom stereocenters. The molecule has 0 aromatic carbocycles. The number of fused-ring (bicyclic) bond motifs is 1. The normalized spacial score (nSPS) is 12.0. The smallest absolute Gasteiger partial charge is 0.433 e. The van der Waals surface area contributed by atoms with E-state index in [1.165, 1.54) is 30.8 Å². The highest BCUT2D eigenvalue weighted by atomic mass is 19.4. The number of carbonyl (C=O) groups excluding carboxylic acids is 1. The predicted molar refractivity (Wildman–Crippen MR) is 82.4 cm³/mol. The molecule has 26 heavy (non-hydrogen) atoms. The predicted octanol–water partition coefficient (Wildman–Crippen LogP) is 3.20. The van der Waals surface area contributed by atoms with Crippen LogP contribution in [0.5, 0.6) is 0 Å². The summed E-state index contributed by atoms with van der Waals surface area (Å²) in [6, 6.07) is 3.84. The van der Waals surface area contributed by atoms with Crippen LogP contribution in [0.3, 0.4) is 0 Å². The molecule has 0 N–H and O–H groups in total. The Balaban J connectivity index is 1.96. The van der Waals surface area contributed by atoms with Crippen LogP contribution >= 0.6 is 0 Å². The van der Waals surface area contributed by atoms with Crippen LogP contribution in [0.1, 0.15) is 21.6 Å². The highest BCUT2D eigenvalue weighted by Gasteiger charge is 2.36. The summed E-state index contributed by atoms with van der Waals surface area (Å²) >= 11 is 0. The van der Waals surface area contributed by atoms with Gasteiger partial charge in [0.15, 0.2) is 17.1 Å². The summed E-state index contributed by atoms with van der Waals surface area (Å²) in [6.07, 6.45) is 0.600. The van der Waals surface area contributed by atoms with E-state index >= 15 is 0 Å². The van der Waals surface area contributed by atoms with Gasteiger partial charge in [0.2, 0.25) is 0 Å². The zero-order chi connectivity index (χ0) is 18.5. The summed E-state index contributed by atoms with van der Waals surface area (Å²) in [5.74, 6) is -0.488. The van der Waals surface area contributed by atoms with E-state index in [-0.39, 0.29) is 22.7 Å². The van der Waals surface area contributed by atoms with E-state index in [0.29, 0.717) is 4.52 Å². The molecule has 0 saturated carbocycles. The zero-order valence-electron chi connectivity index (χ0n) is 13.2. The Kier molecular flexibility index (Phi) is 3.43. The van der Waals surface area contributed by atoms with Gasteiger partial charge in [-0.15, -0.1) is 0 Å². The Bertz CT molecular complexity index is 1110. The lowest BCUT2D eigenvalue weighted by molar-refractivity contribution is -0.142. The molecule has 0 aliphatic heterocycles. The molecule has 4 aromatic heterocycles. The van der Waals surface area contributed by atoms with Gasteiger partial charge < -0.3 is 4.42 Å². The average molecular weight is 361 g/mol. The monoisotopic (exact) mass is 361 g/mol. The number of rotatable bonds is 2. The third kappa shape index (κ3) is 2.55. The van der Waals surface area contributed by atoms with Crippen molar-refractivity contribution in [3.63, 3.8) is 0 Å². The van der Waals surface area contributed by atoms with Gasteiger partial charge in [-0.3, -0.25) is 4.79 Å². The van der Waals surface area contributed by atoms with Crippen LogP contribution in [-0.2, 0) is 6.18 Å². The Morgan fingerprint density at radius 2 is 2.04 bits per heavy atom. The van der Waals surface area contributed by atoms with E-state index in [0.717, 1.165) is 22.5 Å². The molecule has 7 nitrogen and oxygen atoms in total. The Morgan fingerprint density at radius 1 is 1.23 bits per heavy atom. The summed E-state index contributed by atoms with van der Waals surface area (Å²) in [7, 11) is 0. The van der Waals surface area contributed by atoms with Gasteiger partial charge in [0, 0.05) is 6.20 Å². The lowest BCUT2D eigenvalue weighted by Crippen LogP contribution is -2.16. The minimum absolute atomic E-state index is 0.0546. The first-order valence-corrected chi connectivity index (χ1v) is 7.40. The molecular formula is C16H10F3N5O2. The molecule has 0 bridgehead atoms. The van der Waals surface area contributed by atoms with E-state index in [1.54, 1.807) is 6.92 Å². The molecule has 0 radical (unpaired) electrons. The second-order valence-corrected chi connectivity index (χ2v) is 5.56. The number of alkyl halides is 3. The van der Waals surface area contributed by atoms with Crippen molar-refractivity contribution in [3.05, 3.63) is 59.9 Å². The summed E-state index contributed by atoms with van der Waals surface area (Å²) in [5.41, 5.74) is -0.725. The van der Waals surface area contributed by atoms with Gasteiger partial charge in [-0.1, -0.05) is 0 Å². The van der Waals surface area contributed by atoms with Crippen LogP contribution < -0.4 is 0 Å². The van der Waals surface area contributed by atoms with Gasteiger partial charge in [-0.25, -0.2) is 14.2 Å². The third-order valence-electron chi connectivity index (χ3n) is 3.69. The van der Waals surface area contributed by atoms with E-state index in [1.807, 2.05) is 0 Å². The molecule has 4 rings (SSSR count). The van der Waals surface area contributed by atoms with Crippen LogP contribution in [0, 0.1) is 6.92 Å². The molecule has 0 fully saturated rings. The van der Waals surface area contributed by atoms with Crippen molar-refractivity contribution in [3.8, 4) is 11.5 Å². The minimum Gasteiger partial charge on any atom is -0.463 e. The molecule has 10 heteroatoms. The molecule has 4 heterocycles. The van der Waals surface area contributed by atoms with Crippen LogP contribution in [0.4, 0.5) is 13.2 Å². The second kappa shape index (κ2) is 5.55. The van der Waals surface area contributed by atoms with Gasteiger partial charge >= 0.3 is 6.18 Å². The summed E-state index contributed by atoms with van der Waals surface area (Å²) < 4.78 is 47.1. The lowest BCUT2D eigenvalue weighted by Gasteiger charge is -2.10. The Labute approximate surface area is 143 Å². The maximum Gasteiger partial charge on any atom is 0.433 e. The van der Waals surface area contributed by atoms with Crippen LogP contribution in [-0.4, -0.2) is 30.3 Å². The van der Waals surface area contributed by atoms with Gasteiger partial charge in [-0.2, -0.15) is 23.4 Å². The highest BCUT2D eigenvalue weighted by Crippen LogP contribution is 2.32. The molecule has 0 spiro atoms. The average Bonchev–Trinajstić information content (AvgIpc) is 3.32. The quantitative estimate of drug-likeness (QED) is 0.548. The number of hydrogen-bond acceptors (Lipinski definition) is 5. The van der Waals surface area contributed by atoms with Gasteiger partial charge in [0.25, 0.3) is 5.91 Å². The van der Waals surface area contributed by atoms with Crippen molar-refractivity contribution in [1.29, 1.82) is 0 Å². The number of aromatic nitrogens is 5. The summed E-state index contributed by atoms with van der Waals surface area (Å²) in [5, 5.41) is 7.59. The molecular weight excluding hydrogens is 351 g/mol. The number of furan rings is 1. The number of carbonyl (C=O) groups is 1. The first kappa shape index (κ1) is 16.1. The van der Waals surface area contributed by atoms with Crippen molar-refractivity contribution in [2.75, 3.05) is 0 Å². The SMILES string of the molecule is Cc1cnn(C(=O)c2cnn3c(C(F)(F)F)cc(-c4ccco4)nc23)c1. The number of hydrogen-bond donors (Lipinski definition) is 0. The minimum atomic E-state index is -4.70. The Hall–Kier alpha value is -3.43. The van der Waals surface area contributed by atoms with Crippen molar-refractivity contribution < 1.29 is 22.4 Å². The maximum atomic E-state index is 13.5. The standard InChI is InChI=1S/C16H10F3N5O2/c1-9-6-20-23(8-9)15(25)10-7-21-24-13(16(17,18)19)5-11(22-14(10)24)12-3-2-4-26-12/h2-8H,1H3. The summed E-state index contributed by atoms with van der Waals surface area (Å²) in [4.78, 5) is 16.7. The van der Waals surface area contributed by atoms with E-state index < -0.39 is 17.8 Å². The van der Waals surface area contributed by atoms with E-state index in [9.17, 15) is 18.0 Å². The van der Waals surface area contributed by atoms with Gasteiger partial charge in [0.1, 0.15) is 11.3 Å². The molecule has 0 saturated heterocycles. The molecule has 0 amide bonds. The number of nitrogens with zero attached hydrogens (tertiary/aromatic N) is 5. The van der Waals surface area contributed by atoms with E-state index in [2.05, 4.69) is 15.2 Å². The largest absolute Gasteiger partial charge is 0.463 e. The van der Waals surface area contributed by atoms with Crippen LogP contribution in [0.2, 0.25) is 0 Å². The fourth-order valence-electron chi connectivity index (χ4n) is 2.51. The summed E-state index contributed by atoms with van der Waals surface area (Å²) in [6.45, 7) is 1.74. The fourth-order valence-corrected chi connectivity index (χ4v) is 2.51. The topological polar surface area (TPSA) is 78.2 Å². The lowest BCUT2D eigenvalue weighted by atomic mass is 10.2. The van der Waals surface area contributed by atoms with Gasteiger partial charge in [-0.05, 0) is 30.7 Å². The van der Waals surface area contributed by atoms with Crippen LogP contribution in [0.15, 0.2) is 47.5 Å². The van der Waals surface area contributed by atoms with Crippen molar-refractivity contribution in [1.82, 2.24) is 24.4 Å². The van der Waals surface area contributed by atoms with Crippen molar-refractivity contribution in [2.24, 2.45) is 0 Å². The maximum absolute atomic E-state index is 13.5. The molecule has 132 valence electrons. The molecule has 4 aromatic rings. The third-order valence-corrected chi connectivity index (χ3v) is 3.69. The number of aryl methyl sites for hydroxylation is 1. The highest BCUT2D eigenvalue weighted by molar-refractivity contribution is 6.00.